The fraction of sp³-hybridized carbons (Fsp3) is 0.250. The van der Waals surface area contributed by atoms with Crippen LogP contribution in [0.2, 0.25) is 0 Å². The van der Waals surface area contributed by atoms with Crippen LogP contribution < -0.4 is 0 Å². The monoisotopic (exact) mass is 266 g/mol. The maximum absolute atomic E-state index is 5.59. The zero-order valence-corrected chi connectivity index (χ0v) is 11.6. The van der Waals surface area contributed by atoms with Gasteiger partial charge in [0.25, 0.3) is 0 Å². The van der Waals surface area contributed by atoms with Gasteiger partial charge < -0.3 is 0 Å². The van der Waals surface area contributed by atoms with Crippen LogP contribution in [0.1, 0.15) is 0 Å². The van der Waals surface area contributed by atoms with Crippen LogP contribution >= 0.6 is 37.8 Å². The second-order valence-electron chi connectivity index (χ2n) is 2.22. The molecule has 1 rings (SSSR count). The molecule has 1 aromatic carbocycles. The van der Waals surface area contributed by atoms with Crippen LogP contribution in [0.5, 0.6) is 0 Å². The molecule has 0 bridgehead atoms. The van der Waals surface area contributed by atoms with Crippen molar-refractivity contribution in [3.05, 3.63) is 30.3 Å². The summed E-state index contributed by atoms with van der Waals surface area (Å²) >= 11 is 11.1. The molecule has 0 spiro atoms. The van der Waals surface area contributed by atoms with Gasteiger partial charge in [0.05, 0.1) is 0 Å². The maximum atomic E-state index is 5.59. The van der Waals surface area contributed by atoms with Crippen LogP contribution in [0.3, 0.4) is 0 Å². The summed E-state index contributed by atoms with van der Waals surface area (Å²) in [6.45, 7) is 0. The Labute approximate surface area is 96.9 Å². The number of hydrogen-bond donors (Lipinski definition) is 0. The van der Waals surface area contributed by atoms with E-state index in [0.717, 1.165) is 0 Å². The molecule has 0 aromatic heterocycles. The molecule has 72 valence electrons. The van der Waals surface area contributed by atoms with Gasteiger partial charge in [-0.2, -0.15) is 0 Å². The van der Waals surface area contributed by atoms with E-state index in [0.29, 0.717) is 0 Å². The van der Waals surface area contributed by atoms with Crippen LogP contribution in [0.25, 0.3) is 0 Å². The maximum Gasteiger partial charge on any atom is 0.113 e. The molecule has 0 aliphatic rings. The Morgan fingerprint density at radius 2 is 1.62 bits per heavy atom. The van der Waals surface area contributed by atoms with Crippen molar-refractivity contribution in [3.63, 3.8) is 0 Å². The summed E-state index contributed by atoms with van der Waals surface area (Å²) in [4.78, 5) is 1.29. The molecule has 0 unspecified atom stereocenters. The van der Waals surface area contributed by atoms with Gasteiger partial charge in [-0.05, 0) is 24.6 Å². The molecule has 5 heteroatoms. The van der Waals surface area contributed by atoms with Crippen LogP contribution in [-0.2, 0) is 11.8 Å². The molecule has 0 atom stereocenters. The van der Waals surface area contributed by atoms with Crippen LogP contribution in [0.4, 0.5) is 0 Å². The Morgan fingerprint density at radius 3 is 2.08 bits per heavy atom. The summed E-state index contributed by atoms with van der Waals surface area (Å²) in [5.74, 6) is 0. The summed E-state index contributed by atoms with van der Waals surface area (Å²) in [5.41, 5.74) is 0. The van der Waals surface area contributed by atoms with Crippen LogP contribution in [0, 0.1) is 0 Å². The van der Waals surface area contributed by atoms with E-state index in [1.165, 1.54) is 4.90 Å². The zero-order valence-electron chi connectivity index (χ0n) is 7.47. The molecule has 0 heterocycles. The highest BCUT2D eigenvalue weighted by atomic mass is 33.5. The molecule has 1 aromatic rings. The van der Waals surface area contributed by atoms with Gasteiger partial charge in [-0.3, -0.25) is 0 Å². The molecular weight excluding hydrogens is 255 g/mol. The van der Waals surface area contributed by atoms with Gasteiger partial charge in [0, 0.05) is 4.90 Å². The van der Waals surface area contributed by atoms with Crippen molar-refractivity contribution in [2.75, 3.05) is 12.5 Å². The van der Waals surface area contributed by atoms with Gasteiger partial charge in [0.2, 0.25) is 0 Å². The van der Waals surface area contributed by atoms with E-state index in [-0.39, 0.29) is 0 Å². The Bertz CT molecular complexity index is 290. The van der Waals surface area contributed by atoms with Crippen molar-refractivity contribution in [3.8, 4) is 0 Å². The van der Waals surface area contributed by atoms with E-state index >= 15 is 0 Å². The fourth-order valence-corrected chi connectivity index (χ4v) is 8.64. The normalized spacial score (nSPS) is 11.5. The van der Waals surface area contributed by atoms with E-state index in [4.69, 9.17) is 11.8 Å². The molecule has 0 nitrogen and oxygen atoms in total. The lowest BCUT2D eigenvalue weighted by Gasteiger charge is -2.15. The summed E-state index contributed by atoms with van der Waals surface area (Å²) in [7, 11) is 0. The van der Waals surface area contributed by atoms with E-state index in [2.05, 4.69) is 36.8 Å². The topological polar surface area (TPSA) is 0 Å². The lowest BCUT2D eigenvalue weighted by molar-refractivity contribution is 1.48. The van der Waals surface area contributed by atoms with E-state index in [9.17, 15) is 0 Å². The van der Waals surface area contributed by atoms with Crippen molar-refractivity contribution in [1.29, 1.82) is 0 Å². The van der Waals surface area contributed by atoms with Gasteiger partial charge >= 0.3 is 0 Å². The Kier molecular flexibility index (Phi) is 5.27. The van der Waals surface area contributed by atoms with E-state index < -0.39 is 3.64 Å². The van der Waals surface area contributed by atoms with Crippen LogP contribution in [-0.4, -0.2) is 12.5 Å². The molecule has 0 N–H and O–H groups in total. The molecule has 0 fully saturated rings. The predicted octanol–water partition coefficient (Wildman–Crippen LogP) is 4.73. The second-order valence-corrected chi connectivity index (χ2v) is 18.0. The molecule has 0 aliphatic heterocycles. The number of hydrogen-bond acceptors (Lipinski definition) is 4. The molecular formula is C8H11PS4. The second kappa shape index (κ2) is 5.72. The minimum absolute atomic E-state index is 1.29. The summed E-state index contributed by atoms with van der Waals surface area (Å²) < 4.78 is -1.32. The third-order valence-electron chi connectivity index (χ3n) is 1.41. The molecule has 0 aliphatic carbocycles. The Balaban J connectivity index is 2.74. The van der Waals surface area contributed by atoms with Crippen molar-refractivity contribution >= 4 is 49.6 Å². The van der Waals surface area contributed by atoms with Crippen LogP contribution in [0.15, 0.2) is 35.2 Å². The first kappa shape index (κ1) is 12.0. The molecule has 0 radical (unpaired) electrons. The van der Waals surface area contributed by atoms with E-state index in [1.54, 1.807) is 0 Å². The van der Waals surface area contributed by atoms with Gasteiger partial charge in [-0.1, -0.05) is 41.4 Å². The van der Waals surface area contributed by atoms with Gasteiger partial charge in [-0.15, -0.1) is 22.8 Å². The first-order valence-corrected chi connectivity index (χ1v) is 11.5. The highest BCUT2D eigenvalue weighted by molar-refractivity contribution is 9.22. The third kappa shape index (κ3) is 3.88. The average molecular weight is 266 g/mol. The minimum atomic E-state index is -1.32. The summed E-state index contributed by atoms with van der Waals surface area (Å²) in [6, 6.07) is 10.4. The van der Waals surface area contributed by atoms with Crippen molar-refractivity contribution in [2.45, 2.75) is 4.90 Å². The highest BCUT2D eigenvalue weighted by Gasteiger charge is 2.14. The highest BCUT2D eigenvalue weighted by Crippen LogP contribution is 2.78. The van der Waals surface area contributed by atoms with Crippen molar-refractivity contribution in [1.82, 2.24) is 0 Å². The van der Waals surface area contributed by atoms with E-state index in [1.807, 2.05) is 40.2 Å². The molecule has 13 heavy (non-hydrogen) atoms. The van der Waals surface area contributed by atoms with Crippen molar-refractivity contribution in [2.24, 2.45) is 0 Å². The first-order chi connectivity index (χ1) is 6.20. The summed E-state index contributed by atoms with van der Waals surface area (Å²) in [6.07, 6.45) is 4.21. The summed E-state index contributed by atoms with van der Waals surface area (Å²) in [5, 5.41) is 0. The predicted molar refractivity (Wildman–Crippen MR) is 73.6 cm³/mol. The molecule has 0 saturated carbocycles. The lowest BCUT2D eigenvalue weighted by Crippen LogP contribution is -1.67. The largest absolute Gasteiger partial charge is 0.113 e. The quantitative estimate of drug-likeness (QED) is 0.722. The first-order valence-electron chi connectivity index (χ1n) is 3.66. The fourth-order valence-electron chi connectivity index (χ4n) is 0.760. The lowest BCUT2D eigenvalue weighted by atomic mass is 10.4. The van der Waals surface area contributed by atoms with Gasteiger partial charge in [-0.25, -0.2) is 0 Å². The Hall–Kier alpha value is 0.920. The van der Waals surface area contributed by atoms with Gasteiger partial charge in [0.15, 0.2) is 0 Å². The molecule has 0 amide bonds. The smallest absolute Gasteiger partial charge is 0.107 e. The minimum Gasteiger partial charge on any atom is -0.107 e. The number of rotatable bonds is 4. The Morgan fingerprint density at radius 1 is 1.08 bits per heavy atom. The zero-order chi connectivity index (χ0) is 9.73. The average Bonchev–Trinajstić information content (AvgIpc) is 2.19. The van der Waals surface area contributed by atoms with Crippen molar-refractivity contribution < 1.29 is 0 Å². The third-order valence-corrected chi connectivity index (χ3v) is 17.1. The molecule has 0 saturated heterocycles. The standard InChI is InChI=1S/C8H11PS4/c1-11-9(10,12-2)13-8-6-4-3-5-7-8/h3-7H,1-2H3. The SMILES string of the molecule is CSP(=S)(SC)Sc1ccccc1. The van der Waals surface area contributed by atoms with Gasteiger partial charge in [0.1, 0.15) is 3.64 Å². The number of benzene rings is 1.